The van der Waals surface area contributed by atoms with Gasteiger partial charge in [0, 0.05) is 18.7 Å². The molecule has 1 aromatic rings. The molecule has 0 atom stereocenters. The predicted octanol–water partition coefficient (Wildman–Crippen LogP) is 2.25. The fourth-order valence-corrected chi connectivity index (χ4v) is 1.42. The van der Waals surface area contributed by atoms with E-state index in [1.807, 2.05) is 19.1 Å². The first kappa shape index (κ1) is 12.6. The third-order valence-corrected chi connectivity index (χ3v) is 2.27. The minimum Gasteiger partial charge on any atom is -0.496 e. The Morgan fingerprint density at radius 3 is 1.88 bits per heavy atom. The quantitative estimate of drug-likeness (QED) is 0.745. The van der Waals surface area contributed by atoms with Gasteiger partial charge in [0.05, 0.1) is 33.5 Å². The second kappa shape index (κ2) is 6.23. The van der Waals surface area contributed by atoms with Crippen LogP contribution in [0.25, 0.3) is 0 Å². The molecule has 0 aliphatic carbocycles. The SMILES string of the molecule is CCOCc1c(OC)cc(OC)cc1OC. The number of methoxy groups -OCH3 is 3. The summed E-state index contributed by atoms with van der Waals surface area (Å²) in [4.78, 5) is 0. The second-order valence-electron chi connectivity index (χ2n) is 3.15. The van der Waals surface area contributed by atoms with Crippen LogP contribution in [0.2, 0.25) is 0 Å². The standard InChI is InChI=1S/C12H18O4/c1-5-16-8-10-11(14-3)6-9(13-2)7-12(10)15-4/h6-7H,5,8H2,1-4H3. The molecule has 4 heteroatoms. The van der Waals surface area contributed by atoms with Gasteiger partial charge < -0.3 is 18.9 Å². The molecule has 0 aromatic heterocycles. The summed E-state index contributed by atoms with van der Waals surface area (Å²) in [5.74, 6) is 2.13. The lowest BCUT2D eigenvalue weighted by molar-refractivity contribution is 0.129. The van der Waals surface area contributed by atoms with E-state index >= 15 is 0 Å². The van der Waals surface area contributed by atoms with Crippen LogP contribution in [0.5, 0.6) is 17.2 Å². The van der Waals surface area contributed by atoms with E-state index in [1.54, 1.807) is 21.3 Å². The second-order valence-corrected chi connectivity index (χ2v) is 3.15. The van der Waals surface area contributed by atoms with E-state index in [0.717, 1.165) is 5.56 Å². The third kappa shape index (κ3) is 2.79. The van der Waals surface area contributed by atoms with Crippen molar-refractivity contribution in [3.05, 3.63) is 17.7 Å². The molecule has 1 rings (SSSR count). The van der Waals surface area contributed by atoms with Crippen molar-refractivity contribution in [2.24, 2.45) is 0 Å². The van der Waals surface area contributed by atoms with Crippen molar-refractivity contribution in [2.45, 2.75) is 13.5 Å². The van der Waals surface area contributed by atoms with E-state index < -0.39 is 0 Å². The van der Waals surface area contributed by atoms with Gasteiger partial charge in [0.2, 0.25) is 0 Å². The Balaban J connectivity index is 3.09. The highest BCUT2D eigenvalue weighted by atomic mass is 16.5. The zero-order valence-electron chi connectivity index (χ0n) is 10.2. The lowest BCUT2D eigenvalue weighted by Gasteiger charge is -2.14. The van der Waals surface area contributed by atoms with Crippen LogP contribution in [0, 0.1) is 0 Å². The van der Waals surface area contributed by atoms with E-state index in [-0.39, 0.29) is 0 Å². The molecule has 0 aliphatic rings. The summed E-state index contributed by atoms with van der Waals surface area (Å²) in [6, 6.07) is 3.63. The van der Waals surface area contributed by atoms with Crippen LogP contribution in [-0.2, 0) is 11.3 Å². The fraction of sp³-hybridized carbons (Fsp3) is 0.500. The van der Waals surface area contributed by atoms with E-state index in [9.17, 15) is 0 Å². The van der Waals surface area contributed by atoms with E-state index in [0.29, 0.717) is 30.5 Å². The Bertz CT molecular complexity index is 311. The van der Waals surface area contributed by atoms with Gasteiger partial charge in [-0.05, 0) is 6.92 Å². The highest BCUT2D eigenvalue weighted by molar-refractivity contribution is 5.50. The monoisotopic (exact) mass is 226 g/mol. The van der Waals surface area contributed by atoms with Crippen LogP contribution in [0.3, 0.4) is 0 Å². The molecule has 16 heavy (non-hydrogen) atoms. The maximum Gasteiger partial charge on any atom is 0.131 e. The highest BCUT2D eigenvalue weighted by Gasteiger charge is 2.12. The van der Waals surface area contributed by atoms with Crippen LogP contribution in [0.15, 0.2) is 12.1 Å². The molecule has 0 bridgehead atoms. The van der Waals surface area contributed by atoms with Crippen LogP contribution >= 0.6 is 0 Å². The molecule has 0 N–H and O–H groups in total. The molecule has 0 unspecified atom stereocenters. The van der Waals surface area contributed by atoms with Gasteiger partial charge in [0.1, 0.15) is 17.2 Å². The van der Waals surface area contributed by atoms with Crippen molar-refractivity contribution >= 4 is 0 Å². The van der Waals surface area contributed by atoms with Crippen LogP contribution in [0.4, 0.5) is 0 Å². The van der Waals surface area contributed by atoms with Gasteiger partial charge in [-0.3, -0.25) is 0 Å². The summed E-state index contributed by atoms with van der Waals surface area (Å²) >= 11 is 0. The normalized spacial score (nSPS) is 10.0. The van der Waals surface area contributed by atoms with Gasteiger partial charge in [-0.25, -0.2) is 0 Å². The maximum atomic E-state index is 5.38. The van der Waals surface area contributed by atoms with Crippen LogP contribution in [-0.4, -0.2) is 27.9 Å². The van der Waals surface area contributed by atoms with Gasteiger partial charge in [0.15, 0.2) is 0 Å². The highest BCUT2D eigenvalue weighted by Crippen LogP contribution is 2.34. The smallest absolute Gasteiger partial charge is 0.131 e. The Kier molecular flexibility index (Phi) is 4.92. The summed E-state index contributed by atoms with van der Waals surface area (Å²) in [6.07, 6.45) is 0. The lowest BCUT2D eigenvalue weighted by Crippen LogP contribution is -2.00. The van der Waals surface area contributed by atoms with Crippen molar-refractivity contribution in [3.8, 4) is 17.2 Å². The number of rotatable bonds is 6. The molecular formula is C12H18O4. The largest absolute Gasteiger partial charge is 0.496 e. The van der Waals surface area contributed by atoms with E-state index in [2.05, 4.69) is 0 Å². The summed E-state index contributed by atoms with van der Waals surface area (Å²) in [7, 11) is 4.84. The van der Waals surface area contributed by atoms with Crippen LogP contribution < -0.4 is 14.2 Å². The summed E-state index contributed by atoms with van der Waals surface area (Å²) < 4.78 is 21.1. The minimum absolute atomic E-state index is 0.465. The Morgan fingerprint density at radius 1 is 0.938 bits per heavy atom. The van der Waals surface area contributed by atoms with Gasteiger partial charge >= 0.3 is 0 Å². The van der Waals surface area contributed by atoms with Gasteiger partial charge in [-0.1, -0.05) is 0 Å². The topological polar surface area (TPSA) is 36.9 Å². The van der Waals surface area contributed by atoms with Crippen molar-refractivity contribution in [2.75, 3.05) is 27.9 Å². The van der Waals surface area contributed by atoms with Crippen molar-refractivity contribution in [1.29, 1.82) is 0 Å². The van der Waals surface area contributed by atoms with E-state index in [1.165, 1.54) is 0 Å². The van der Waals surface area contributed by atoms with E-state index in [4.69, 9.17) is 18.9 Å². The minimum atomic E-state index is 0.465. The molecular weight excluding hydrogens is 208 g/mol. The molecule has 1 aromatic carbocycles. The van der Waals surface area contributed by atoms with Crippen molar-refractivity contribution in [3.63, 3.8) is 0 Å². The Hall–Kier alpha value is -1.42. The van der Waals surface area contributed by atoms with Gasteiger partial charge in [-0.15, -0.1) is 0 Å². The molecule has 0 amide bonds. The zero-order valence-corrected chi connectivity index (χ0v) is 10.2. The zero-order chi connectivity index (χ0) is 12.0. The Labute approximate surface area is 96.1 Å². The van der Waals surface area contributed by atoms with Crippen molar-refractivity contribution < 1.29 is 18.9 Å². The van der Waals surface area contributed by atoms with Gasteiger partial charge in [-0.2, -0.15) is 0 Å². The predicted molar refractivity (Wildman–Crippen MR) is 61.4 cm³/mol. The molecule has 0 saturated heterocycles. The first-order valence-electron chi connectivity index (χ1n) is 5.13. The molecule has 4 nitrogen and oxygen atoms in total. The molecule has 0 spiro atoms. The fourth-order valence-electron chi connectivity index (χ4n) is 1.42. The maximum absolute atomic E-state index is 5.38. The molecule has 90 valence electrons. The van der Waals surface area contributed by atoms with Crippen molar-refractivity contribution in [1.82, 2.24) is 0 Å². The first-order valence-corrected chi connectivity index (χ1v) is 5.13. The number of hydrogen-bond donors (Lipinski definition) is 0. The lowest BCUT2D eigenvalue weighted by atomic mass is 10.1. The summed E-state index contributed by atoms with van der Waals surface area (Å²) in [6.45, 7) is 3.06. The Morgan fingerprint density at radius 2 is 1.50 bits per heavy atom. The molecule has 0 radical (unpaired) electrons. The molecule has 0 saturated carbocycles. The average Bonchev–Trinajstić information content (AvgIpc) is 2.35. The van der Waals surface area contributed by atoms with Gasteiger partial charge in [0.25, 0.3) is 0 Å². The van der Waals surface area contributed by atoms with Crippen LogP contribution in [0.1, 0.15) is 12.5 Å². The molecule has 0 heterocycles. The number of hydrogen-bond acceptors (Lipinski definition) is 4. The molecule has 0 fully saturated rings. The summed E-state index contributed by atoms with van der Waals surface area (Å²) in [5.41, 5.74) is 0.896. The summed E-state index contributed by atoms with van der Waals surface area (Å²) in [5, 5.41) is 0. The number of benzene rings is 1. The number of ether oxygens (including phenoxy) is 4. The molecule has 0 aliphatic heterocycles. The average molecular weight is 226 g/mol. The third-order valence-electron chi connectivity index (χ3n) is 2.27. The first-order chi connectivity index (χ1) is 7.76.